The molecule has 0 aliphatic rings. The van der Waals surface area contributed by atoms with Crippen molar-refractivity contribution in [3.63, 3.8) is 0 Å². The fourth-order valence-corrected chi connectivity index (χ4v) is 2.19. The molecule has 100 valence electrons. The van der Waals surface area contributed by atoms with E-state index >= 15 is 0 Å². The molecule has 1 aromatic heterocycles. The van der Waals surface area contributed by atoms with Crippen LogP contribution < -0.4 is 5.32 Å². The van der Waals surface area contributed by atoms with Crippen LogP contribution in [0.15, 0.2) is 67.3 Å². The van der Waals surface area contributed by atoms with Gasteiger partial charge < -0.3 is 5.32 Å². The maximum Gasteiger partial charge on any atom is 0.138 e. The van der Waals surface area contributed by atoms with Gasteiger partial charge >= 0.3 is 0 Å². The average Bonchev–Trinajstić information content (AvgIpc) is 3.03. The van der Waals surface area contributed by atoms with E-state index in [-0.39, 0.29) is 6.04 Å². The lowest BCUT2D eigenvalue weighted by Gasteiger charge is -2.18. The fourth-order valence-electron chi connectivity index (χ4n) is 2.19. The first-order valence-corrected chi connectivity index (χ1v) is 6.60. The molecule has 0 aliphatic carbocycles. The van der Waals surface area contributed by atoms with Gasteiger partial charge in [0, 0.05) is 6.04 Å². The van der Waals surface area contributed by atoms with Crippen molar-refractivity contribution in [2.75, 3.05) is 5.32 Å². The maximum absolute atomic E-state index is 4.19. The fraction of sp³-hybridized carbons (Fsp3) is 0.125. The molecule has 0 bridgehead atoms. The molecule has 0 spiro atoms. The first-order valence-electron chi connectivity index (χ1n) is 6.60. The monoisotopic (exact) mass is 264 g/mol. The van der Waals surface area contributed by atoms with Crippen molar-refractivity contribution < 1.29 is 0 Å². The lowest BCUT2D eigenvalue weighted by Crippen LogP contribution is -2.09. The van der Waals surface area contributed by atoms with Crippen LogP contribution in [0.2, 0.25) is 0 Å². The molecule has 0 saturated heterocycles. The lowest BCUT2D eigenvalue weighted by molar-refractivity contribution is 0.852. The third-order valence-corrected chi connectivity index (χ3v) is 3.24. The zero-order valence-corrected chi connectivity index (χ0v) is 11.3. The average molecular weight is 264 g/mol. The van der Waals surface area contributed by atoms with Crippen LogP contribution in [0.4, 0.5) is 5.69 Å². The van der Waals surface area contributed by atoms with Crippen molar-refractivity contribution >= 4 is 5.69 Å². The van der Waals surface area contributed by atoms with E-state index in [1.165, 1.54) is 11.9 Å². The quantitative estimate of drug-likeness (QED) is 0.785. The SMILES string of the molecule is CC(Nc1ccccc1-n1cncn1)c1ccccc1. The zero-order valence-electron chi connectivity index (χ0n) is 11.3. The summed E-state index contributed by atoms with van der Waals surface area (Å²) in [5.41, 5.74) is 3.28. The van der Waals surface area contributed by atoms with Crippen molar-refractivity contribution in [3.8, 4) is 5.69 Å². The molecular weight excluding hydrogens is 248 g/mol. The van der Waals surface area contributed by atoms with Gasteiger partial charge in [0.1, 0.15) is 12.7 Å². The number of nitrogens with zero attached hydrogens (tertiary/aromatic N) is 3. The van der Waals surface area contributed by atoms with E-state index in [0.29, 0.717) is 0 Å². The summed E-state index contributed by atoms with van der Waals surface area (Å²) >= 11 is 0. The molecule has 4 heteroatoms. The molecular formula is C16H16N4. The molecule has 0 amide bonds. The Labute approximate surface area is 118 Å². The van der Waals surface area contributed by atoms with Gasteiger partial charge in [-0.15, -0.1) is 0 Å². The highest BCUT2D eigenvalue weighted by Gasteiger charge is 2.09. The van der Waals surface area contributed by atoms with Crippen LogP contribution in [-0.2, 0) is 0 Å². The van der Waals surface area contributed by atoms with Gasteiger partial charge in [0.2, 0.25) is 0 Å². The number of hydrogen-bond donors (Lipinski definition) is 1. The van der Waals surface area contributed by atoms with Gasteiger partial charge in [-0.25, -0.2) is 9.67 Å². The molecule has 1 N–H and O–H groups in total. The molecule has 3 rings (SSSR count). The normalized spacial score (nSPS) is 12.1. The third kappa shape index (κ3) is 2.54. The molecule has 0 saturated carbocycles. The first kappa shape index (κ1) is 12.4. The van der Waals surface area contributed by atoms with Gasteiger partial charge in [-0.05, 0) is 24.6 Å². The predicted molar refractivity (Wildman–Crippen MR) is 79.8 cm³/mol. The van der Waals surface area contributed by atoms with Crippen LogP contribution >= 0.6 is 0 Å². The highest BCUT2D eigenvalue weighted by atomic mass is 15.3. The summed E-state index contributed by atoms with van der Waals surface area (Å²) in [6.07, 6.45) is 3.24. The number of nitrogens with one attached hydrogen (secondary N) is 1. The molecule has 1 atom stereocenters. The van der Waals surface area contributed by atoms with E-state index in [9.17, 15) is 0 Å². The third-order valence-electron chi connectivity index (χ3n) is 3.24. The number of aromatic nitrogens is 3. The Morgan fingerprint density at radius 1 is 1.00 bits per heavy atom. The van der Waals surface area contributed by atoms with E-state index < -0.39 is 0 Å². The number of benzene rings is 2. The van der Waals surface area contributed by atoms with Gasteiger partial charge in [0.15, 0.2) is 0 Å². The molecule has 20 heavy (non-hydrogen) atoms. The smallest absolute Gasteiger partial charge is 0.138 e. The van der Waals surface area contributed by atoms with E-state index in [0.717, 1.165) is 11.4 Å². The van der Waals surface area contributed by atoms with Gasteiger partial charge in [-0.3, -0.25) is 0 Å². The van der Waals surface area contributed by atoms with Crippen LogP contribution in [0.1, 0.15) is 18.5 Å². The van der Waals surface area contributed by atoms with E-state index in [1.54, 1.807) is 11.0 Å². The van der Waals surface area contributed by atoms with Gasteiger partial charge in [0.05, 0.1) is 11.4 Å². The Hall–Kier alpha value is -2.62. The number of hydrogen-bond acceptors (Lipinski definition) is 3. The van der Waals surface area contributed by atoms with Gasteiger partial charge in [-0.1, -0.05) is 42.5 Å². The Bertz CT molecular complexity index is 662. The minimum Gasteiger partial charge on any atom is -0.377 e. The highest BCUT2D eigenvalue weighted by molar-refractivity contribution is 5.61. The Morgan fingerprint density at radius 3 is 2.50 bits per heavy atom. The summed E-state index contributed by atoms with van der Waals surface area (Å²) in [5.74, 6) is 0. The number of para-hydroxylation sites is 2. The summed E-state index contributed by atoms with van der Waals surface area (Å²) in [5, 5.41) is 7.72. The number of rotatable bonds is 4. The summed E-state index contributed by atoms with van der Waals surface area (Å²) in [6.45, 7) is 2.15. The largest absolute Gasteiger partial charge is 0.377 e. The molecule has 1 unspecified atom stereocenters. The first-order chi connectivity index (χ1) is 9.84. The predicted octanol–water partition coefficient (Wildman–Crippen LogP) is 3.44. The summed E-state index contributed by atoms with van der Waals surface area (Å²) in [6, 6.07) is 18.7. The van der Waals surface area contributed by atoms with Crippen LogP contribution in [-0.4, -0.2) is 14.8 Å². The highest BCUT2D eigenvalue weighted by Crippen LogP contribution is 2.24. The van der Waals surface area contributed by atoms with E-state index in [2.05, 4.69) is 52.7 Å². The molecule has 3 aromatic rings. The Kier molecular flexibility index (Phi) is 3.46. The number of anilines is 1. The van der Waals surface area contributed by atoms with Crippen LogP contribution in [0.3, 0.4) is 0 Å². The van der Waals surface area contributed by atoms with Crippen molar-refractivity contribution in [2.24, 2.45) is 0 Å². The zero-order chi connectivity index (χ0) is 13.8. The minimum atomic E-state index is 0.223. The second kappa shape index (κ2) is 5.57. The lowest BCUT2D eigenvalue weighted by atomic mass is 10.1. The van der Waals surface area contributed by atoms with Crippen LogP contribution in [0, 0.1) is 0 Å². The van der Waals surface area contributed by atoms with Crippen molar-refractivity contribution in [1.29, 1.82) is 0 Å². The Balaban J connectivity index is 1.88. The summed E-state index contributed by atoms with van der Waals surface area (Å²) in [7, 11) is 0. The van der Waals surface area contributed by atoms with Crippen molar-refractivity contribution in [1.82, 2.24) is 14.8 Å². The van der Waals surface area contributed by atoms with E-state index in [1.807, 2.05) is 24.3 Å². The molecule has 1 heterocycles. The second-order valence-corrected chi connectivity index (χ2v) is 4.63. The van der Waals surface area contributed by atoms with Gasteiger partial charge in [0.25, 0.3) is 0 Å². The molecule has 0 radical (unpaired) electrons. The second-order valence-electron chi connectivity index (χ2n) is 4.63. The van der Waals surface area contributed by atoms with Crippen LogP contribution in [0.5, 0.6) is 0 Å². The van der Waals surface area contributed by atoms with Gasteiger partial charge in [-0.2, -0.15) is 5.10 Å². The van der Waals surface area contributed by atoms with E-state index in [4.69, 9.17) is 0 Å². The summed E-state index contributed by atoms with van der Waals surface area (Å²) in [4.78, 5) is 4.00. The van der Waals surface area contributed by atoms with Crippen LogP contribution in [0.25, 0.3) is 5.69 Å². The minimum absolute atomic E-state index is 0.223. The summed E-state index contributed by atoms with van der Waals surface area (Å²) < 4.78 is 1.76. The van der Waals surface area contributed by atoms with Crippen molar-refractivity contribution in [2.45, 2.75) is 13.0 Å². The Morgan fingerprint density at radius 2 is 1.75 bits per heavy atom. The topological polar surface area (TPSA) is 42.7 Å². The molecule has 4 nitrogen and oxygen atoms in total. The molecule has 0 aliphatic heterocycles. The molecule has 0 fully saturated rings. The van der Waals surface area contributed by atoms with Crippen molar-refractivity contribution in [3.05, 3.63) is 72.8 Å². The molecule has 2 aromatic carbocycles. The standard InChI is InChI=1S/C16H16N4/c1-13(14-7-3-2-4-8-14)19-15-9-5-6-10-16(15)20-12-17-11-18-20/h2-13,19H,1H3. The maximum atomic E-state index is 4.19.